The molecule has 0 saturated heterocycles. The molecule has 0 unspecified atom stereocenters. The number of anilines is 2. The number of hydrogen-bond acceptors (Lipinski definition) is 6. The van der Waals surface area contributed by atoms with E-state index in [4.69, 9.17) is 4.74 Å². The lowest BCUT2D eigenvalue weighted by molar-refractivity contribution is 0.0946. The number of ether oxygens (including phenoxy) is 1. The highest BCUT2D eigenvalue weighted by Gasteiger charge is 2.12. The van der Waals surface area contributed by atoms with Gasteiger partial charge < -0.3 is 20.3 Å². The van der Waals surface area contributed by atoms with Gasteiger partial charge in [0.05, 0.1) is 12.8 Å². The van der Waals surface area contributed by atoms with Crippen molar-refractivity contribution in [1.82, 2.24) is 20.2 Å². The van der Waals surface area contributed by atoms with Crippen LogP contribution in [0.25, 0.3) is 0 Å². The number of aryl methyl sites for hydroxylation is 2. The first-order valence-corrected chi connectivity index (χ1v) is 8.09. The van der Waals surface area contributed by atoms with Crippen molar-refractivity contribution < 1.29 is 9.53 Å². The Bertz CT molecular complexity index is 746. The number of likely N-dealkylation sites (N-methyl/N-ethyl adjacent to an activating group) is 1. The summed E-state index contributed by atoms with van der Waals surface area (Å²) in [4.78, 5) is 23.0. The van der Waals surface area contributed by atoms with Crippen molar-refractivity contribution in [2.24, 2.45) is 0 Å². The highest BCUT2D eigenvalue weighted by atomic mass is 16.5. The van der Waals surface area contributed by atoms with Crippen LogP contribution < -0.4 is 15.4 Å². The van der Waals surface area contributed by atoms with Gasteiger partial charge in [-0.25, -0.2) is 9.97 Å². The Balaban J connectivity index is 2.19. The predicted octanol–water partition coefficient (Wildman–Crippen LogP) is 2.14. The van der Waals surface area contributed by atoms with Crippen LogP contribution in [0.15, 0.2) is 24.3 Å². The van der Waals surface area contributed by atoms with Gasteiger partial charge in [-0.05, 0) is 51.7 Å². The molecule has 0 spiro atoms. The van der Waals surface area contributed by atoms with Crippen molar-refractivity contribution >= 4 is 17.5 Å². The molecule has 0 bridgehead atoms. The summed E-state index contributed by atoms with van der Waals surface area (Å²) in [5.41, 5.74) is 2.88. The van der Waals surface area contributed by atoms with E-state index >= 15 is 0 Å². The normalized spacial score (nSPS) is 10.6. The van der Waals surface area contributed by atoms with E-state index in [-0.39, 0.29) is 5.91 Å². The van der Waals surface area contributed by atoms with Crippen LogP contribution in [0.3, 0.4) is 0 Å². The summed E-state index contributed by atoms with van der Waals surface area (Å²) in [6.45, 7) is 5.15. The lowest BCUT2D eigenvalue weighted by atomic mass is 10.2. The van der Waals surface area contributed by atoms with Gasteiger partial charge in [0, 0.05) is 18.8 Å². The number of benzene rings is 1. The number of hydrogen-bond donors (Lipinski definition) is 2. The summed E-state index contributed by atoms with van der Waals surface area (Å²) in [6, 6.07) is 7.46. The van der Waals surface area contributed by atoms with Gasteiger partial charge in [0.15, 0.2) is 0 Å². The summed E-state index contributed by atoms with van der Waals surface area (Å²) >= 11 is 0. The van der Waals surface area contributed by atoms with E-state index < -0.39 is 0 Å². The van der Waals surface area contributed by atoms with Crippen LogP contribution in [-0.2, 0) is 0 Å². The van der Waals surface area contributed by atoms with Crippen molar-refractivity contribution in [2.75, 3.05) is 39.6 Å². The van der Waals surface area contributed by atoms with Crippen molar-refractivity contribution in [3.8, 4) is 5.75 Å². The number of nitrogens with zero attached hydrogens (tertiary/aromatic N) is 3. The lowest BCUT2D eigenvalue weighted by Crippen LogP contribution is -2.32. The number of amides is 1. The molecule has 2 N–H and O–H groups in total. The molecule has 0 atom stereocenters. The fourth-order valence-electron chi connectivity index (χ4n) is 2.26. The number of methoxy groups -OCH3 is 1. The molecular weight excluding hydrogens is 318 g/mol. The third kappa shape index (κ3) is 5.42. The van der Waals surface area contributed by atoms with Crippen LogP contribution >= 0.6 is 0 Å². The van der Waals surface area contributed by atoms with Crippen LogP contribution in [0.4, 0.5) is 11.6 Å². The molecule has 7 heteroatoms. The zero-order chi connectivity index (χ0) is 18.4. The Labute approximate surface area is 148 Å². The second-order valence-electron chi connectivity index (χ2n) is 6.11. The van der Waals surface area contributed by atoms with Gasteiger partial charge in [0.25, 0.3) is 5.91 Å². The van der Waals surface area contributed by atoms with E-state index in [1.165, 1.54) is 0 Å². The van der Waals surface area contributed by atoms with E-state index in [2.05, 4.69) is 20.6 Å². The Hall–Kier alpha value is -2.67. The third-order valence-electron chi connectivity index (χ3n) is 3.53. The maximum Gasteiger partial charge on any atom is 0.270 e. The van der Waals surface area contributed by atoms with Crippen LogP contribution in [-0.4, -0.2) is 55.1 Å². The zero-order valence-corrected chi connectivity index (χ0v) is 15.4. The van der Waals surface area contributed by atoms with Crippen LogP contribution in [0, 0.1) is 13.8 Å². The standard InChI is InChI=1S/C18H25N5O2/c1-12-6-7-16(25-5)14(10-12)21-18-20-13(2)11-15(22-18)17(24)19-8-9-23(3)4/h6-7,10-11H,8-9H2,1-5H3,(H,19,24)(H,20,21,22). The summed E-state index contributed by atoms with van der Waals surface area (Å²) < 4.78 is 5.35. The van der Waals surface area contributed by atoms with Crippen molar-refractivity contribution in [2.45, 2.75) is 13.8 Å². The van der Waals surface area contributed by atoms with Gasteiger partial charge in [-0.1, -0.05) is 6.07 Å². The van der Waals surface area contributed by atoms with E-state index in [0.717, 1.165) is 17.8 Å². The lowest BCUT2D eigenvalue weighted by Gasteiger charge is -2.13. The molecule has 7 nitrogen and oxygen atoms in total. The van der Waals surface area contributed by atoms with Crippen LogP contribution in [0.5, 0.6) is 5.75 Å². The first-order valence-electron chi connectivity index (χ1n) is 8.09. The van der Waals surface area contributed by atoms with Crippen molar-refractivity contribution in [1.29, 1.82) is 0 Å². The molecule has 0 radical (unpaired) electrons. The molecule has 25 heavy (non-hydrogen) atoms. The van der Waals surface area contributed by atoms with Gasteiger partial charge in [-0.2, -0.15) is 0 Å². The number of carbonyl (C=O) groups excluding carboxylic acids is 1. The Kier molecular flexibility index (Phi) is 6.30. The van der Waals surface area contributed by atoms with Crippen LogP contribution in [0.2, 0.25) is 0 Å². The quantitative estimate of drug-likeness (QED) is 0.802. The summed E-state index contributed by atoms with van der Waals surface area (Å²) in [5.74, 6) is 0.834. The Morgan fingerprint density at radius 3 is 2.64 bits per heavy atom. The number of carbonyl (C=O) groups is 1. The molecule has 1 amide bonds. The molecular formula is C18H25N5O2. The van der Waals surface area contributed by atoms with Gasteiger partial charge in [0.1, 0.15) is 11.4 Å². The minimum absolute atomic E-state index is 0.216. The molecule has 0 aliphatic rings. The number of aromatic nitrogens is 2. The Morgan fingerprint density at radius 1 is 1.20 bits per heavy atom. The highest BCUT2D eigenvalue weighted by molar-refractivity contribution is 5.92. The maximum absolute atomic E-state index is 12.3. The minimum atomic E-state index is -0.216. The first kappa shape index (κ1) is 18.7. The number of rotatable bonds is 7. The summed E-state index contributed by atoms with van der Waals surface area (Å²) in [7, 11) is 5.52. The van der Waals surface area contributed by atoms with Gasteiger partial charge in [-0.3, -0.25) is 4.79 Å². The van der Waals surface area contributed by atoms with E-state index in [1.54, 1.807) is 13.2 Å². The monoisotopic (exact) mass is 343 g/mol. The molecule has 1 aromatic carbocycles. The average molecular weight is 343 g/mol. The predicted molar refractivity (Wildman–Crippen MR) is 98.7 cm³/mol. The largest absolute Gasteiger partial charge is 0.495 e. The topological polar surface area (TPSA) is 79.4 Å². The SMILES string of the molecule is COc1ccc(C)cc1Nc1nc(C)cc(C(=O)NCCN(C)C)n1. The fraction of sp³-hybridized carbons (Fsp3) is 0.389. The molecule has 134 valence electrons. The van der Waals surface area contributed by atoms with E-state index in [1.807, 2.05) is 51.0 Å². The molecule has 1 heterocycles. The molecule has 0 saturated carbocycles. The molecule has 2 rings (SSSR count). The van der Waals surface area contributed by atoms with Crippen LogP contribution in [0.1, 0.15) is 21.7 Å². The van der Waals surface area contributed by atoms with Gasteiger partial charge in [-0.15, -0.1) is 0 Å². The highest BCUT2D eigenvalue weighted by Crippen LogP contribution is 2.27. The molecule has 0 fully saturated rings. The van der Waals surface area contributed by atoms with E-state index in [9.17, 15) is 4.79 Å². The third-order valence-corrected chi connectivity index (χ3v) is 3.53. The smallest absolute Gasteiger partial charge is 0.270 e. The van der Waals surface area contributed by atoms with Gasteiger partial charge >= 0.3 is 0 Å². The minimum Gasteiger partial charge on any atom is -0.495 e. The Morgan fingerprint density at radius 2 is 1.96 bits per heavy atom. The number of nitrogens with one attached hydrogen (secondary N) is 2. The fourth-order valence-corrected chi connectivity index (χ4v) is 2.26. The second-order valence-corrected chi connectivity index (χ2v) is 6.11. The maximum atomic E-state index is 12.3. The molecule has 0 aliphatic heterocycles. The zero-order valence-electron chi connectivity index (χ0n) is 15.4. The summed E-state index contributed by atoms with van der Waals surface area (Å²) in [6.07, 6.45) is 0. The molecule has 1 aromatic heterocycles. The van der Waals surface area contributed by atoms with Gasteiger partial charge in [0.2, 0.25) is 5.95 Å². The summed E-state index contributed by atoms with van der Waals surface area (Å²) in [5, 5.41) is 6.00. The average Bonchev–Trinajstić information content (AvgIpc) is 2.54. The van der Waals surface area contributed by atoms with E-state index in [0.29, 0.717) is 29.6 Å². The molecule has 0 aliphatic carbocycles. The molecule has 2 aromatic rings. The van der Waals surface area contributed by atoms with Crippen molar-refractivity contribution in [3.05, 3.63) is 41.2 Å². The second kappa shape index (κ2) is 8.43. The van der Waals surface area contributed by atoms with Crippen molar-refractivity contribution in [3.63, 3.8) is 0 Å². The first-order chi connectivity index (χ1) is 11.9.